The fourth-order valence-corrected chi connectivity index (χ4v) is 2.83. The number of anilines is 2. The summed E-state index contributed by atoms with van der Waals surface area (Å²) >= 11 is 3.40. The first-order valence-electron chi connectivity index (χ1n) is 7.46. The molecule has 1 saturated carbocycles. The quantitative estimate of drug-likeness (QED) is 0.793. The van der Waals surface area contributed by atoms with Crippen LogP contribution in [0.1, 0.15) is 18.4 Å². The third kappa shape index (κ3) is 3.15. The van der Waals surface area contributed by atoms with Gasteiger partial charge in [-0.3, -0.25) is 9.59 Å². The van der Waals surface area contributed by atoms with Crippen molar-refractivity contribution in [1.82, 2.24) is 0 Å². The maximum Gasteiger partial charge on any atom is 0.240 e. The van der Waals surface area contributed by atoms with Crippen LogP contribution in [0.25, 0.3) is 0 Å². The van der Waals surface area contributed by atoms with E-state index in [2.05, 4.69) is 26.6 Å². The van der Waals surface area contributed by atoms with Gasteiger partial charge in [-0.2, -0.15) is 0 Å². The van der Waals surface area contributed by atoms with Gasteiger partial charge in [-0.05, 0) is 59.5 Å². The average Bonchev–Trinajstić information content (AvgIpc) is 3.34. The van der Waals surface area contributed by atoms with Crippen LogP contribution in [0, 0.1) is 12.3 Å². The molecular weight excluding hydrogens is 356 g/mol. The molecule has 0 saturated heterocycles. The standard InChI is InChI=1S/C18H17BrN2O2/c1-12-6-2-4-8-14(12)20-16(22)18(10-11-18)17(23)21-15-9-5-3-7-13(15)19/h2-9H,10-11H2,1H3,(H,20,22)(H,21,23). The third-order valence-corrected chi connectivity index (χ3v) is 4.83. The lowest BCUT2D eigenvalue weighted by molar-refractivity contribution is -0.131. The lowest BCUT2D eigenvalue weighted by atomic mass is 10.0. The number of halogens is 1. The molecule has 2 aromatic carbocycles. The molecule has 2 aromatic rings. The van der Waals surface area contributed by atoms with Gasteiger partial charge in [-0.25, -0.2) is 0 Å². The van der Waals surface area contributed by atoms with Crippen molar-refractivity contribution in [3.63, 3.8) is 0 Å². The van der Waals surface area contributed by atoms with E-state index in [0.717, 1.165) is 15.7 Å². The molecule has 2 N–H and O–H groups in total. The highest BCUT2D eigenvalue weighted by Gasteiger charge is 2.56. The number of hydrogen-bond acceptors (Lipinski definition) is 2. The van der Waals surface area contributed by atoms with Gasteiger partial charge in [0.25, 0.3) is 0 Å². The molecule has 1 aliphatic rings. The first kappa shape index (κ1) is 15.7. The molecule has 0 aliphatic heterocycles. The Morgan fingerprint density at radius 2 is 1.43 bits per heavy atom. The molecule has 23 heavy (non-hydrogen) atoms. The smallest absolute Gasteiger partial charge is 0.240 e. The van der Waals surface area contributed by atoms with Gasteiger partial charge in [0.05, 0.1) is 5.69 Å². The van der Waals surface area contributed by atoms with Crippen LogP contribution < -0.4 is 10.6 Å². The normalized spacial score (nSPS) is 14.9. The molecule has 0 atom stereocenters. The first-order valence-corrected chi connectivity index (χ1v) is 8.25. The van der Waals surface area contributed by atoms with Gasteiger partial charge in [-0.15, -0.1) is 0 Å². The number of amides is 2. The van der Waals surface area contributed by atoms with Gasteiger partial charge in [0.15, 0.2) is 0 Å². The zero-order valence-electron chi connectivity index (χ0n) is 12.7. The van der Waals surface area contributed by atoms with Crippen LogP contribution in [0.4, 0.5) is 11.4 Å². The number of carbonyl (C=O) groups is 2. The van der Waals surface area contributed by atoms with E-state index < -0.39 is 5.41 Å². The highest BCUT2D eigenvalue weighted by Crippen LogP contribution is 2.47. The number of benzene rings is 2. The number of carbonyl (C=O) groups excluding carboxylic acids is 2. The Balaban J connectivity index is 1.74. The van der Waals surface area contributed by atoms with E-state index in [1.807, 2.05) is 49.4 Å². The van der Waals surface area contributed by atoms with Crippen molar-refractivity contribution < 1.29 is 9.59 Å². The van der Waals surface area contributed by atoms with Crippen LogP contribution in [0.2, 0.25) is 0 Å². The molecule has 0 bridgehead atoms. The Morgan fingerprint density at radius 3 is 2.00 bits per heavy atom. The molecule has 5 heteroatoms. The van der Waals surface area contributed by atoms with Crippen molar-refractivity contribution >= 4 is 39.1 Å². The predicted octanol–water partition coefficient (Wildman–Crippen LogP) is 4.11. The van der Waals surface area contributed by atoms with Crippen LogP contribution >= 0.6 is 15.9 Å². The van der Waals surface area contributed by atoms with Crippen molar-refractivity contribution in [3.05, 3.63) is 58.6 Å². The summed E-state index contributed by atoms with van der Waals surface area (Å²) in [5, 5.41) is 5.73. The molecule has 118 valence electrons. The van der Waals surface area contributed by atoms with Crippen molar-refractivity contribution in [2.75, 3.05) is 10.6 Å². The summed E-state index contributed by atoms with van der Waals surface area (Å²) in [5.74, 6) is -0.494. The van der Waals surface area contributed by atoms with Crippen molar-refractivity contribution in [2.24, 2.45) is 5.41 Å². The number of rotatable bonds is 4. The summed E-state index contributed by atoms with van der Waals surface area (Å²) in [5.41, 5.74) is 1.44. The molecule has 1 aliphatic carbocycles. The monoisotopic (exact) mass is 372 g/mol. The Bertz CT molecular complexity index is 708. The molecule has 0 aromatic heterocycles. The fraction of sp³-hybridized carbons (Fsp3) is 0.222. The van der Waals surface area contributed by atoms with Crippen LogP contribution in [0.15, 0.2) is 53.0 Å². The van der Waals surface area contributed by atoms with Crippen LogP contribution in [-0.4, -0.2) is 11.8 Å². The van der Waals surface area contributed by atoms with E-state index >= 15 is 0 Å². The van der Waals surface area contributed by atoms with Crippen molar-refractivity contribution in [1.29, 1.82) is 0 Å². The second kappa shape index (κ2) is 6.16. The minimum atomic E-state index is -0.961. The Hall–Kier alpha value is -2.14. The summed E-state index contributed by atoms with van der Waals surface area (Å²) in [4.78, 5) is 25.2. The van der Waals surface area contributed by atoms with E-state index in [4.69, 9.17) is 0 Å². The van der Waals surface area contributed by atoms with Gasteiger partial charge in [0.1, 0.15) is 5.41 Å². The number of aryl methyl sites for hydroxylation is 1. The molecule has 0 unspecified atom stereocenters. The maximum absolute atomic E-state index is 12.6. The highest BCUT2D eigenvalue weighted by molar-refractivity contribution is 9.10. The van der Waals surface area contributed by atoms with E-state index in [-0.39, 0.29) is 11.8 Å². The Kier molecular flexibility index (Phi) is 4.22. The molecule has 0 radical (unpaired) electrons. The topological polar surface area (TPSA) is 58.2 Å². The van der Waals surface area contributed by atoms with Gasteiger partial charge >= 0.3 is 0 Å². The molecule has 1 fully saturated rings. The second-order valence-corrected chi connectivity index (χ2v) is 6.64. The first-order chi connectivity index (χ1) is 11.0. The maximum atomic E-state index is 12.6. The minimum absolute atomic E-state index is 0.239. The largest absolute Gasteiger partial charge is 0.325 e. The number of para-hydroxylation sites is 2. The zero-order chi connectivity index (χ0) is 16.4. The van der Waals surface area contributed by atoms with E-state index in [0.29, 0.717) is 18.5 Å². The molecule has 4 nitrogen and oxygen atoms in total. The van der Waals surface area contributed by atoms with Gasteiger partial charge in [0.2, 0.25) is 11.8 Å². The molecule has 0 heterocycles. The molecule has 2 amide bonds. The van der Waals surface area contributed by atoms with Crippen molar-refractivity contribution in [2.45, 2.75) is 19.8 Å². The summed E-state index contributed by atoms with van der Waals surface area (Å²) in [6, 6.07) is 14.9. The SMILES string of the molecule is Cc1ccccc1NC(=O)C1(C(=O)Nc2ccccc2Br)CC1. The summed E-state index contributed by atoms with van der Waals surface area (Å²) in [6.45, 7) is 1.93. The van der Waals surface area contributed by atoms with E-state index in [1.54, 1.807) is 6.07 Å². The van der Waals surface area contributed by atoms with Gasteiger partial charge in [-0.1, -0.05) is 30.3 Å². The summed E-state index contributed by atoms with van der Waals surface area (Å²) < 4.78 is 0.795. The molecular formula is C18H17BrN2O2. The molecule has 0 spiro atoms. The van der Waals surface area contributed by atoms with Gasteiger partial charge < -0.3 is 10.6 Å². The van der Waals surface area contributed by atoms with Gasteiger partial charge in [0, 0.05) is 10.2 Å². The molecule has 3 rings (SSSR count). The average molecular weight is 373 g/mol. The van der Waals surface area contributed by atoms with Crippen LogP contribution in [0.3, 0.4) is 0 Å². The highest BCUT2D eigenvalue weighted by atomic mass is 79.9. The van der Waals surface area contributed by atoms with E-state index in [9.17, 15) is 9.59 Å². The fourth-order valence-electron chi connectivity index (χ4n) is 2.44. The Labute approximate surface area is 143 Å². The van der Waals surface area contributed by atoms with Crippen LogP contribution in [0.5, 0.6) is 0 Å². The minimum Gasteiger partial charge on any atom is -0.325 e. The lowest BCUT2D eigenvalue weighted by Gasteiger charge is -2.17. The van der Waals surface area contributed by atoms with E-state index in [1.165, 1.54) is 0 Å². The van der Waals surface area contributed by atoms with Crippen LogP contribution in [-0.2, 0) is 9.59 Å². The Morgan fingerprint density at radius 1 is 0.913 bits per heavy atom. The summed E-state index contributed by atoms with van der Waals surface area (Å²) in [7, 11) is 0. The third-order valence-electron chi connectivity index (χ3n) is 4.13. The number of hydrogen-bond donors (Lipinski definition) is 2. The van der Waals surface area contributed by atoms with Crippen molar-refractivity contribution in [3.8, 4) is 0 Å². The summed E-state index contributed by atoms with van der Waals surface area (Å²) in [6.07, 6.45) is 1.14. The predicted molar refractivity (Wildman–Crippen MR) is 94.2 cm³/mol. The zero-order valence-corrected chi connectivity index (χ0v) is 14.3. The second-order valence-electron chi connectivity index (χ2n) is 5.79. The number of nitrogens with one attached hydrogen (secondary N) is 2. The lowest BCUT2D eigenvalue weighted by Crippen LogP contribution is -2.35.